The van der Waals surface area contributed by atoms with Gasteiger partial charge in [0.25, 0.3) is 5.91 Å². The maximum absolute atomic E-state index is 13.9. The summed E-state index contributed by atoms with van der Waals surface area (Å²) in [7, 11) is 0. The molecule has 3 aromatic rings. The molecule has 6 rings (SSSR count). The van der Waals surface area contributed by atoms with Crippen molar-refractivity contribution in [1.29, 1.82) is 0 Å². The molecule has 3 saturated heterocycles. The SMILES string of the molecule is CC1(C)N(N=O)C(c2ccccc2)C(=O)N1C1C(=O)N2CC(CCl)(C(=O)OC(c3ccccc3)c3ccccc3)CS[C@H]12. The number of hydrogen-bond donors (Lipinski definition) is 0. The summed E-state index contributed by atoms with van der Waals surface area (Å²) in [6.07, 6.45) is -0.641. The number of alkyl halides is 1. The first-order chi connectivity index (χ1) is 20.7. The second-order valence-corrected chi connectivity index (χ2v) is 12.9. The number of nitroso groups, excluding NO2 is 1. The molecule has 3 aliphatic heterocycles. The van der Waals surface area contributed by atoms with Gasteiger partial charge in [0.15, 0.2) is 12.1 Å². The lowest BCUT2D eigenvalue weighted by molar-refractivity contribution is -0.172. The van der Waals surface area contributed by atoms with Crippen molar-refractivity contribution in [3.63, 3.8) is 0 Å². The lowest BCUT2D eigenvalue weighted by Crippen LogP contribution is -2.76. The highest BCUT2D eigenvalue weighted by molar-refractivity contribution is 8.00. The van der Waals surface area contributed by atoms with Crippen LogP contribution in [0.5, 0.6) is 0 Å². The van der Waals surface area contributed by atoms with Gasteiger partial charge in [-0.15, -0.1) is 28.3 Å². The predicted molar refractivity (Wildman–Crippen MR) is 163 cm³/mol. The summed E-state index contributed by atoms with van der Waals surface area (Å²) >= 11 is 7.88. The number of amides is 2. The van der Waals surface area contributed by atoms with Crippen LogP contribution in [0.1, 0.15) is 42.7 Å². The molecule has 43 heavy (non-hydrogen) atoms. The van der Waals surface area contributed by atoms with Gasteiger partial charge in [-0.25, -0.2) is 5.01 Å². The van der Waals surface area contributed by atoms with Crippen LogP contribution >= 0.6 is 23.4 Å². The fourth-order valence-electron chi connectivity index (χ4n) is 6.26. The molecule has 0 spiro atoms. The Morgan fingerprint density at radius 1 is 0.953 bits per heavy atom. The topological polar surface area (TPSA) is 99.6 Å². The number of carbonyl (C=O) groups is 3. The van der Waals surface area contributed by atoms with Crippen LogP contribution in [-0.2, 0) is 19.1 Å². The van der Waals surface area contributed by atoms with Gasteiger partial charge in [-0.3, -0.25) is 14.4 Å². The maximum Gasteiger partial charge on any atom is 0.316 e. The van der Waals surface area contributed by atoms with Gasteiger partial charge in [0.05, 0.1) is 5.29 Å². The summed E-state index contributed by atoms with van der Waals surface area (Å²) in [6, 6.07) is 26.2. The highest BCUT2D eigenvalue weighted by Crippen LogP contribution is 2.50. The molecule has 4 atom stereocenters. The zero-order valence-corrected chi connectivity index (χ0v) is 25.3. The Labute approximate surface area is 259 Å². The molecule has 3 unspecified atom stereocenters. The van der Waals surface area contributed by atoms with E-state index in [4.69, 9.17) is 16.3 Å². The Balaban J connectivity index is 1.23. The van der Waals surface area contributed by atoms with Crippen molar-refractivity contribution < 1.29 is 19.1 Å². The van der Waals surface area contributed by atoms with Gasteiger partial charge in [-0.1, -0.05) is 91.0 Å². The van der Waals surface area contributed by atoms with Crippen LogP contribution < -0.4 is 0 Å². The number of hydrogen-bond acceptors (Lipinski definition) is 7. The molecular weight excluding hydrogens is 588 g/mol. The fraction of sp³-hybridized carbons (Fsp3) is 0.344. The summed E-state index contributed by atoms with van der Waals surface area (Å²) in [5.41, 5.74) is -0.0183. The molecule has 0 saturated carbocycles. The van der Waals surface area contributed by atoms with E-state index in [0.29, 0.717) is 11.3 Å². The van der Waals surface area contributed by atoms with Crippen molar-refractivity contribution in [3.8, 4) is 0 Å². The van der Waals surface area contributed by atoms with Crippen LogP contribution in [0.15, 0.2) is 96.3 Å². The highest BCUT2D eigenvalue weighted by atomic mass is 35.5. The van der Waals surface area contributed by atoms with Crippen LogP contribution in [0, 0.1) is 10.3 Å². The first-order valence-electron chi connectivity index (χ1n) is 14.0. The molecule has 3 aliphatic rings. The minimum Gasteiger partial charge on any atom is -0.452 e. The Hall–Kier alpha value is -3.89. The second kappa shape index (κ2) is 11.3. The third-order valence-corrected chi connectivity index (χ3v) is 10.7. The summed E-state index contributed by atoms with van der Waals surface area (Å²) < 4.78 is 6.17. The third-order valence-electron chi connectivity index (χ3n) is 8.58. The van der Waals surface area contributed by atoms with E-state index in [1.807, 2.05) is 66.7 Å². The van der Waals surface area contributed by atoms with Gasteiger partial charge in [0.1, 0.15) is 22.5 Å². The summed E-state index contributed by atoms with van der Waals surface area (Å²) in [6.45, 7) is 3.50. The second-order valence-electron chi connectivity index (χ2n) is 11.6. The highest BCUT2D eigenvalue weighted by Gasteiger charge is 2.65. The first kappa shape index (κ1) is 29.2. The molecule has 0 aliphatic carbocycles. The van der Waals surface area contributed by atoms with E-state index < -0.39 is 40.6 Å². The minimum atomic E-state index is -1.15. The number of fused-ring (bicyclic) bond motifs is 1. The van der Waals surface area contributed by atoms with E-state index in [-0.39, 0.29) is 24.2 Å². The molecule has 3 fully saturated rings. The van der Waals surface area contributed by atoms with E-state index >= 15 is 0 Å². The standard InChI is InChI=1S/C32H31ClN4O5S/c1-31(2)36(28(39)24(37(31)34-41)21-12-6-3-7-13-21)25-27(38)35-19-32(18-33,20-43-29(25)35)30(40)42-26(22-14-8-4-9-15-22)23-16-10-5-11-17-23/h3-17,24-26,29H,18-20H2,1-2H3/t24?,25?,29-,32?/m1/s1. The molecule has 0 bridgehead atoms. The van der Waals surface area contributed by atoms with Crippen molar-refractivity contribution in [2.75, 3.05) is 18.2 Å². The molecule has 11 heteroatoms. The first-order valence-corrected chi connectivity index (χ1v) is 15.6. The predicted octanol–water partition coefficient (Wildman–Crippen LogP) is 5.13. The average Bonchev–Trinajstić information content (AvgIpc) is 3.24. The van der Waals surface area contributed by atoms with Crippen LogP contribution in [0.3, 0.4) is 0 Å². The molecule has 0 N–H and O–H groups in total. The van der Waals surface area contributed by atoms with Crippen LogP contribution in [-0.4, -0.2) is 67.8 Å². The average molecular weight is 619 g/mol. The van der Waals surface area contributed by atoms with Crippen molar-refractivity contribution >= 4 is 41.1 Å². The normalized spacial score (nSPS) is 26.2. The van der Waals surface area contributed by atoms with Crippen LogP contribution in [0.25, 0.3) is 0 Å². The Kier molecular flexibility index (Phi) is 7.68. The monoisotopic (exact) mass is 618 g/mol. The van der Waals surface area contributed by atoms with Crippen molar-refractivity contribution in [2.45, 2.75) is 43.1 Å². The molecular formula is C32H31ClN4O5S. The third kappa shape index (κ3) is 4.77. The maximum atomic E-state index is 13.9. The molecule has 0 radical (unpaired) electrons. The van der Waals surface area contributed by atoms with E-state index in [0.717, 1.165) is 11.1 Å². The van der Waals surface area contributed by atoms with Crippen molar-refractivity contribution in [1.82, 2.24) is 14.8 Å². The van der Waals surface area contributed by atoms with Crippen molar-refractivity contribution in [3.05, 3.63) is 113 Å². The largest absolute Gasteiger partial charge is 0.452 e. The van der Waals surface area contributed by atoms with E-state index in [2.05, 4.69) is 5.29 Å². The molecule has 222 valence electrons. The molecule has 3 heterocycles. The van der Waals surface area contributed by atoms with Gasteiger partial charge in [-0.05, 0) is 30.5 Å². The number of benzene rings is 3. The zero-order valence-electron chi connectivity index (χ0n) is 23.7. The van der Waals surface area contributed by atoms with E-state index in [1.165, 1.54) is 21.7 Å². The number of halogens is 1. The number of thioether (sulfide) groups is 1. The summed E-state index contributed by atoms with van der Waals surface area (Å²) in [5, 5.41) is 4.04. The van der Waals surface area contributed by atoms with Crippen LogP contribution in [0.2, 0.25) is 0 Å². The number of esters is 1. The molecule has 0 aromatic heterocycles. The summed E-state index contributed by atoms with van der Waals surface area (Å²) in [5.74, 6) is -0.889. The lowest BCUT2D eigenvalue weighted by Gasteiger charge is -2.57. The fourth-order valence-corrected chi connectivity index (χ4v) is 8.24. The van der Waals surface area contributed by atoms with Crippen molar-refractivity contribution in [2.24, 2.45) is 10.7 Å². The summed E-state index contributed by atoms with van der Waals surface area (Å²) in [4.78, 5) is 56.6. The zero-order chi connectivity index (χ0) is 30.4. The van der Waals surface area contributed by atoms with E-state index in [1.54, 1.807) is 43.0 Å². The van der Waals surface area contributed by atoms with Gasteiger partial charge >= 0.3 is 5.97 Å². The van der Waals surface area contributed by atoms with Gasteiger partial charge in [0, 0.05) is 18.2 Å². The quantitative estimate of drug-likeness (QED) is 0.149. The Bertz CT molecular complexity index is 1490. The smallest absolute Gasteiger partial charge is 0.316 e. The van der Waals surface area contributed by atoms with Crippen LogP contribution in [0.4, 0.5) is 0 Å². The molecule has 9 nitrogen and oxygen atoms in total. The molecule has 3 aromatic carbocycles. The molecule has 2 amide bonds. The number of rotatable bonds is 8. The lowest BCUT2D eigenvalue weighted by atomic mass is 9.88. The van der Waals surface area contributed by atoms with Gasteiger partial charge < -0.3 is 14.5 Å². The number of ether oxygens (including phenoxy) is 1. The Morgan fingerprint density at radius 2 is 1.51 bits per heavy atom. The number of carbonyl (C=O) groups excluding carboxylic acids is 3. The number of β-lactam (4-membered cyclic amide) rings is 1. The number of nitrogens with zero attached hydrogens (tertiary/aromatic N) is 4. The minimum absolute atomic E-state index is 0.0383. The van der Waals surface area contributed by atoms with Gasteiger partial charge in [-0.2, -0.15) is 0 Å². The van der Waals surface area contributed by atoms with Gasteiger partial charge in [0.2, 0.25) is 5.91 Å². The Morgan fingerprint density at radius 3 is 2.05 bits per heavy atom. The van der Waals surface area contributed by atoms with E-state index in [9.17, 15) is 19.3 Å².